The lowest BCUT2D eigenvalue weighted by atomic mass is 10.1. The molecule has 0 aromatic heterocycles. The summed E-state index contributed by atoms with van der Waals surface area (Å²) in [6.07, 6.45) is 0. The molecule has 37 heavy (non-hydrogen) atoms. The van der Waals surface area contributed by atoms with Gasteiger partial charge in [0, 0.05) is 10.6 Å². The fourth-order valence-corrected chi connectivity index (χ4v) is 5.28. The molecule has 1 aliphatic heterocycles. The number of hydrogen-bond donors (Lipinski definition) is 2. The van der Waals surface area contributed by atoms with E-state index >= 15 is 0 Å². The quantitative estimate of drug-likeness (QED) is 0.285. The summed E-state index contributed by atoms with van der Waals surface area (Å²) in [5.74, 6) is -0.417. The third-order valence-electron chi connectivity index (χ3n) is 5.92. The minimum atomic E-state index is -4.14. The lowest BCUT2D eigenvalue weighted by molar-refractivity contribution is -0.112. The van der Waals surface area contributed by atoms with Gasteiger partial charge in [-0.1, -0.05) is 60.1 Å². The minimum absolute atomic E-state index is 0.00955. The Bertz CT molecular complexity index is 1720. The number of primary sulfonamides is 1. The highest BCUT2D eigenvalue weighted by atomic mass is 35.5. The summed E-state index contributed by atoms with van der Waals surface area (Å²) in [5, 5.41) is 13.1. The Hall–Kier alpha value is -3.83. The first kappa shape index (κ1) is 24.8. The second-order valence-corrected chi connectivity index (χ2v) is 10.7. The smallest absolute Gasteiger partial charge is 0.279 e. The molecule has 5 rings (SSSR count). The van der Waals surface area contributed by atoms with Crippen LogP contribution < -0.4 is 20.8 Å². The van der Waals surface area contributed by atoms with Gasteiger partial charge in [0.05, 0.1) is 17.9 Å². The summed E-state index contributed by atoms with van der Waals surface area (Å²) in [4.78, 5) is 15.1. The average Bonchev–Trinajstić information content (AvgIpc) is 3.11. The van der Waals surface area contributed by atoms with Gasteiger partial charge in [-0.15, -0.1) is 0 Å². The van der Waals surface area contributed by atoms with Crippen molar-refractivity contribution in [3.8, 4) is 0 Å². The molecule has 0 saturated carbocycles. The molecule has 4 aromatic rings. The Kier molecular flexibility index (Phi) is 6.42. The van der Waals surface area contributed by atoms with Crippen LogP contribution in [0.25, 0.3) is 10.8 Å². The maximum atomic E-state index is 13.7. The number of nitrogens with zero attached hydrogens (tertiary/aromatic N) is 3. The summed E-state index contributed by atoms with van der Waals surface area (Å²) < 4.78 is 24.4. The standard InChI is InChI=1S/C26H20ClN5O3S2/c27-19-11-12-21-20(14-19)24(30-32(26(28)36)22-7-3-4-8-23(22)37(29,34)35)25(33)31(21)15-16-9-10-17-5-1-2-6-18(17)13-16/h1-14H,15H2,(H2,28,36)(H2,29,34,35)/b30-24-. The molecule has 8 nitrogen and oxygen atoms in total. The Labute approximate surface area is 223 Å². The molecule has 0 aliphatic carbocycles. The summed E-state index contributed by atoms with van der Waals surface area (Å²) in [6.45, 7) is 0.276. The SMILES string of the molecule is NC(=S)N(/N=C1\C(=O)N(Cc2ccc3ccccc3c2)c2ccc(Cl)cc21)c1ccccc1S(N)(=O)=O. The number of sulfonamides is 1. The number of fused-ring (bicyclic) bond motifs is 2. The van der Waals surface area contributed by atoms with Crippen LogP contribution in [0, 0.1) is 0 Å². The van der Waals surface area contributed by atoms with Crippen LogP contribution in [0.5, 0.6) is 0 Å². The first-order valence-corrected chi connectivity index (χ1v) is 13.4. The molecule has 1 heterocycles. The zero-order valence-electron chi connectivity index (χ0n) is 19.2. The maximum absolute atomic E-state index is 13.7. The van der Waals surface area contributed by atoms with E-state index < -0.39 is 15.9 Å². The van der Waals surface area contributed by atoms with Gasteiger partial charge in [0.25, 0.3) is 5.91 Å². The van der Waals surface area contributed by atoms with Gasteiger partial charge in [0.15, 0.2) is 10.8 Å². The average molecular weight is 550 g/mol. The Morgan fingerprint density at radius 2 is 1.68 bits per heavy atom. The van der Waals surface area contributed by atoms with Gasteiger partial charge in [-0.25, -0.2) is 18.6 Å². The van der Waals surface area contributed by atoms with E-state index in [4.69, 9.17) is 34.7 Å². The van der Waals surface area contributed by atoms with Crippen molar-refractivity contribution in [3.63, 3.8) is 0 Å². The predicted octanol–water partition coefficient (Wildman–Crippen LogP) is 4.14. The third-order valence-corrected chi connectivity index (χ3v) is 7.28. The van der Waals surface area contributed by atoms with Crippen molar-refractivity contribution in [1.29, 1.82) is 0 Å². The molecule has 0 atom stereocenters. The number of hydrazone groups is 1. The van der Waals surface area contributed by atoms with Crippen LogP contribution >= 0.6 is 23.8 Å². The van der Waals surface area contributed by atoms with Crippen LogP contribution in [-0.2, 0) is 21.4 Å². The number of carbonyl (C=O) groups excluding carboxylic acids is 1. The molecule has 0 bridgehead atoms. The van der Waals surface area contributed by atoms with Crippen molar-refractivity contribution >= 4 is 72.7 Å². The first-order chi connectivity index (χ1) is 17.6. The maximum Gasteiger partial charge on any atom is 0.279 e. The van der Waals surface area contributed by atoms with E-state index in [-0.39, 0.29) is 28.0 Å². The molecule has 0 fully saturated rings. The molecule has 186 valence electrons. The van der Waals surface area contributed by atoms with Gasteiger partial charge >= 0.3 is 0 Å². The predicted molar refractivity (Wildman–Crippen MR) is 150 cm³/mol. The number of para-hydroxylation sites is 1. The summed E-state index contributed by atoms with van der Waals surface area (Å²) in [5.41, 5.74) is 7.94. The molecular weight excluding hydrogens is 530 g/mol. The van der Waals surface area contributed by atoms with E-state index in [0.29, 0.717) is 16.3 Å². The number of amides is 1. The summed E-state index contributed by atoms with van der Waals surface area (Å²) in [7, 11) is -4.14. The second kappa shape index (κ2) is 9.56. The topological polar surface area (TPSA) is 122 Å². The zero-order chi connectivity index (χ0) is 26.3. The molecule has 0 unspecified atom stereocenters. The van der Waals surface area contributed by atoms with Crippen molar-refractivity contribution in [2.45, 2.75) is 11.4 Å². The van der Waals surface area contributed by atoms with Crippen molar-refractivity contribution in [3.05, 3.63) is 101 Å². The summed E-state index contributed by atoms with van der Waals surface area (Å²) >= 11 is 11.4. The van der Waals surface area contributed by atoms with Crippen LogP contribution in [0.4, 0.5) is 11.4 Å². The highest BCUT2D eigenvalue weighted by Crippen LogP contribution is 2.34. The highest BCUT2D eigenvalue weighted by molar-refractivity contribution is 7.89. The van der Waals surface area contributed by atoms with Gasteiger partial charge in [0.1, 0.15) is 4.90 Å². The van der Waals surface area contributed by atoms with Crippen LogP contribution in [0.15, 0.2) is 94.9 Å². The number of anilines is 2. The van der Waals surface area contributed by atoms with Crippen LogP contribution in [0.1, 0.15) is 11.1 Å². The van der Waals surface area contributed by atoms with Crippen molar-refractivity contribution in [1.82, 2.24) is 0 Å². The van der Waals surface area contributed by atoms with Crippen LogP contribution in [-0.4, -0.2) is 25.1 Å². The van der Waals surface area contributed by atoms with E-state index in [1.54, 1.807) is 29.2 Å². The Balaban J connectivity index is 1.61. The molecule has 11 heteroatoms. The van der Waals surface area contributed by atoms with E-state index in [9.17, 15) is 13.2 Å². The number of thiocarbonyl (C=S) groups is 1. The van der Waals surface area contributed by atoms with Gasteiger partial charge in [-0.3, -0.25) is 4.79 Å². The lowest BCUT2D eigenvalue weighted by Gasteiger charge is -2.20. The molecule has 1 aliphatic rings. The van der Waals surface area contributed by atoms with E-state index in [1.807, 2.05) is 42.5 Å². The number of rotatable bonds is 5. The van der Waals surface area contributed by atoms with Gasteiger partial charge in [-0.05, 0) is 65.0 Å². The fraction of sp³-hybridized carbons (Fsp3) is 0.0385. The van der Waals surface area contributed by atoms with Gasteiger partial charge in [0.2, 0.25) is 10.0 Å². The number of benzene rings is 4. The Morgan fingerprint density at radius 1 is 0.973 bits per heavy atom. The molecular formula is C26H20ClN5O3S2. The van der Waals surface area contributed by atoms with Crippen molar-refractivity contribution in [2.75, 3.05) is 9.91 Å². The Morgan fingerprint density at radius 3 is 2.41 bits per heavy atom. The van der Waals surface area contributed by atoms with E-state index in [1.165, 1.54) is 18.2 Å². The number of halogens is 1. The van der Waals surface area contributed by atoms with Crippen molar-refractivity contribution < 1.29 is 13.2 Å². The molecule has 0 saturated heterocycles. The molecule has 4 N–H and O–H groups in total. The second-order valence-electron chi connectivity index (χ2n) is 8.35. The van der Waals surface area contributed by atoms with Crippen LogP contribution in [0.3, 0.4) is 0 Å². The molecule has 1 amide bonds. The summed E-state index contributed by atoms with van der Waals surface area (Å²) in [6, 6.07) is 24.8. The molecule has 0 spiro atoms. The number of hydrogen-bond acceptors (Lipinski definition) is 5. The van der Waals surface area contributed by atoms with Crippen molar-refractivity contribution in [2.24, 2.45) is 16.0 Å². The largest absolute Gasteiger partial charge is 0.374 e. The minimum Gasteiger partial charge on any atom is -0.374 e. The van der Waals surface area contributed by atoms with E-state index in [2.05, 4.69) is 5.10 Å². The van der Waals surface area contributed by atoms with E-state index in [0.717, 1.165) is 21.3 Å². The number of nitrogens with two attached hydrogens (primary N) is 2. The normalized spacial score (nSPS) is 14.3. The molecule has 4 aromatic carbocycles. The molecule has 0 radical (unpaired) electrons. The highest BCUT2D eigenvalue weighted by Gasteiger charge is 2.36. The lowest BCUT2D eigenvalue weighted by Crippen LogP contribution is -2.36. The third kappa shape index (κ3) is 4.79. The van der Waals surface area contributed by atoms with Crippen LogP contribution in [0.2, 0.25) is 5.02 Å². The zero-order valence-corrected chi connectivity index (χ0v) is 21.6. The first-order valence-electron chi connectivity index (χ1n) is 11.0. The monoisotopic (exact) mass is 549 g/mol. The van der Waals surface area contributed by atoms with Gasteiger partial charge < -0.3 is 10.6 Å². The number of carbonyl (C=O) groups is 1. The van der Waals surface area contributed by atoms with Gasteiger partial charge in [-0.2, -0.15) is 5.10 Å². The fourth-order valence-electron chi connectivity index (χ4n) is 4.25.